The van der Waals surface area contributed by atoms with Crippen LogP contribution in [0.1, 0.15) is 12.5 Å². The first kappa shape index (κ1) is 7.14. The Bertz CT molecular complexity index is 381. The molecule has 0 aromatic heterocycles. The third kappa shape index (κ3) is 0.635. The highest BCUT2D eigenvalue weighted by Crippen LogP contribution is 2.60. The van der Waals surface area contributed by atoms with Gasteiger partial charge in [0.2, 0.25) is 0 Å². The van der Waals surface area contributed by atoms with Crippen molar-refractivity contribution in [2.45, 2.75) is 12.3 Å². The molecular formula is C13H12. The lowest BCUT2D eigenvalue weighted by Gasteiger charge is -2.56. The van der Waals surface area contributed by atoms with Gasteiger partial charge in [-0.2, -0.15) is 0 Å². The van der Waals surface area contributed by atoms with E-state index in [1.165, 1.54) is 5.56 Å². The van der Waals surface area contributed by atoms with Gasteiger partial charge in [-0.1, -0.05) is 61.6 Å². The summed E-state index contributed by atoms with van der Waals surface area (Å²) in [5.74, 6) is 0. The van der Waals surface area contributed by atoms with Gasteiger partial charge in [-0.15, -0.1) is 0 Å². The molecule has 0 spiro atoms. The molecule has 1 aromatic carbocycles. The molecular weight excluding hydrogens is 156 g/mol. The van der Waals surface area contributed by atoms with Crippen LogP contribution in [0.25, 0.3) is 0 Å². The number of allylic oxidation sites excluding steroid dienone is 4. The van der Waals surface area contributed by atoms with Gasteiger partial charge in [-0.05, 0) is 5.56 Å². The first-order chi connectivity index (χ1) is 6.27. The van der Waals surface area contributed by atoms with Crippen molar-refractivity contribution in [3.63, 3.8) is 0 Å². The molecule has 0 saturated carbocycles. The van der Waals surface area contributed by atoms with Crippen LogP contribution in [0.4, 0.5) is 0 Å². The molecule has 2 aliphatic rings. The number of hydrogen-bond acceptors (Lipinski definition) is 0. The summed E-state index contributed by atoms with van der Waals surface area (Å²) in [7, 11) is 0. The second kappa shape index (κ2) is 1.95. The van der Waals surface area contributed by atoms with Crippen molar-refractivity contribution < 1.29 is 0 Å². The van der Waals surface area contributed by atoms with E-state index >= 15 is 0 Å². The minimum Gasteiger partial charge on any atom is -0.0761 e. The summed E-state index contributed by atoms with van der Waals surface area (Å²) >= 11 is 0. The van der Waals surface area contributed by atoms with E-state index in [0.717, 1.165) is 0 Å². The normalized spacial score (nSPS) is 39.2. The maximum atomic E-state index is 2.31. The van der Waals surface area contributed by atoms with Crippen LogP contribution in [0, 0.1) is 5.41 Å². The molecule has 0 fully saturated rings. The molecule has 3 rings (SSSR count). The second-order valence-electron chi connectivity index (χ2n) is 4.18. The van der Waals surface area contributed by atoms with E-state index in [0.29, 0.717) is 5.41 Å². The van der Waals surface area contributed by atoms with E-state index in [2.05, 4.69) is 61.6 Å². The number of rotatable bonds is 1. The maximum Gasteiger partial charge on any atom is 0.0435 e. The Labute approximate surface area is 78.6 Å². The Kier molecular flexibility index (Phi) is 1.07. The zero-order valence-electron chi connectivity index (χ0n) is 7.70. The van der Waals surface area contributed by atoms with Crippen molar-refractivity contribution in [2.75, 3.05) is 0 Å². The lowest BCUT2D eigenvalue weighted by atomic mass is 9.47. The Morgan fingerprint density at radius 1 is 0.846 bits per heavy atom. The topological polar surface area (TPSA) is 0 Å². The van der Waals surface area contributed by atoms with Gasteiger partial charge < -0.3 is 0 Å². The highest BCUT2D eigenvalue weighted by molar-refractivity contribution is 5.57. The Morgan fingerprint density at radius 3 is 1.85 bits per heavy atom. The zero-order valence-corrected chi connectivity index (χ0v) is 7.70. The van der Waals surface area contributed by atoms with Gasteiger partial charge in [0, 0.05) is 10.8 Å². The molecule has 0 aliphatic heterocycles. The molecule has 0 radical (unpaired) electrons. The summed E-state index contributed by atoms with van der Waals surface area (Å²) < 4.78 is 0. The molecule has 0 nitrogen and oxygen atoms in total. The van der Waals surface area contributed by atoms with Gasteiger partial charge in [0.05, 0.1) is 0 Å². The van der Waals surface area contributed by atoms with Crippen LogP contribution in [-0.2, 0) is 5.41 Å². The number of hydrogen-bond donors (Lipinski definition) is 0. The molecule has 13 heavy (non-hydrogen) atoms. The van der Waals surface area contributed by atoms with E-state index in [9.17, 15) is 0 Å². The van der Waals surface area contributed by atoms with Gasteiger partial charge in [-0.3, -0.25) is 0 Å². The molecule has 0 atom stereocenters. The summed E-state index contributed by atoms with van der Waals surface area (Å²) in [6.45, 7) is 2.29. The standard InChI is InChI=1S/C13H12/c1-12-7-9-13(12,10-8-12)11-5-3-2-4-6-11/h2-10H,1H3. The van der Waals surface area contributed by atoms with Gasteiger partial charge >= 0.3 is 0 Å². The van der Waals surface area contributed by atoms with Crippen LogP contribution >= 0.6 is 0 Å². The molecule has 0 N–H and O–H groups in total. The molecule has 0 amide bonds. The smallest absolute Gasteiger partial charge is 0.0435 e. The summed E-state index contributed by atoms with van der Waals surface area (Å²) in [4.78, 5) is 0. The summed E-state index contributed by atoms with van der Waals surface area (Å²) in [6, 6.07) is 10.7. The van der Waals surface area contributed by atoms with E-state index in [4.69, 9.17) is 0 Å². The van der Waals surface area contributed by atoms with Gasteiger partial charge in [0.15, 0.2) is 0 Å². The number of benzene rings is 1. The molecule has 0 bridgehead atoms. The summed E-state index contributed by atoms with van der Waals surface area (Å²) in [6.07, 6.45) is 9.20. The molecule has 0 saturated heterocycles. The van der Waals surface area contributed by atoms with Crippen LogP contribution in [-0.4, -0.2) is 0 Å². The van der Waals surface area contributed by atoms with Crippen molar-refractivity contribution in [2.24, 2.45) is 5.41 Å². The number of fused-ring (bicyclic) bond motifs is 1. The first-order valence-electron chi connectivity index (χ1n) is 4.73. The van der Waals surface area contributed by atoms with Crippen LogP contribution in [0.3, 0.4) is 0 Å². The van der Waals surface area contributed by atoms with Crippen molar-refractivity contribution in [1.82, 2.24) is 0 Å². The highest BCUT2D eigenvalue weighted by Gasteiger charge is 2.54. The van der Waals surface area contributed by atoms with Crippen LogP contribution < -0.4 is 0 Å². The summed E-state index contributed by atoms with van der Waals surface area (Å²) in [5.41, 5.74) is 1.95. The van der Waals surface area contributed by atoms with E-state index in [1.54, 1.807) is 0 Å². The molecule has 1 aromatic rings. The van der Waals surface area contributed by atoms with Gasteiger partial charge in [0.1, 0.15) is 0 Å². The monoisotopic (exact) mass is 168 g/mol. The average Bonchev–Trinajstić information content (AvgIpc) is 2.19. The minimum atomic E-state index is 0.230. The third-order valence-electron chi connectivity index (χ3n) is 3.53. The molecule has 0 unspecified atom stereocenters. The van der Waals surface area contributed by atoms with Crippen LogP contribution in [0.2, 0.25) is 0 Å². The SMILES string of the molecule is CC12C=CC1(c1ccccc1)C=C2. The van der Waals surface area contributed by atoms with Crippen LogP contribution in [0.15, 0.2) is 54.6 Å². The Balaban J connectivity index is 2.14. The van der Waals surface area contributed by atoms with Crippen molar-refractivity contribution in [1.29, 1.82) is 0 Å². The van der Waals surface area contributed by atoms with Gasteiger partial charge in [0.25, 0.3) is 0 Å². The largest absolute Gasteiger partial charge is 0.0761 e. The zero-order chi connectivity index (χ0) is 8.94. The fraction of sp³-hybridized carbons (Fsp3) is 0.231. The fourth-order valence-electron chi connectivity index (χ4n) is 2.38. The molecule has 2 aliphatic carbocycles. The van der Waals surface area contributed by atoms with Crippen molar-refractivity contribution in [3.8, 4) is 0 Å². The molecule has 0 heteroatoms. The first-order valence-corrected chi connectivity index (χ1v) is 4.73. The maximum absolute atomic E-state index is 2.31. The lowest BCUT2D eigenvalue weighted by molar-refractivity contribution is 0.295. The summed E-state index contributed by atoms with van der Waals surface area (Å²) in [5, 5.41) is 0. The van der Waals surface area contributed by atoms with Crippen molar-refractivity contribution >= 4 is 0 Å². The van der Waals surface area contributed by atoms with E-state index in [1.807, 2.05) is 0 Å². The van der Waals surface area contributed by atoms with E-state index in [-0.39, 0.29) is 5.41 Å². The van der Waals surface area contributed by atoms with Crippen molar-refractivity contribution in [3.05, 3.63) is 60.2 Å². The highest BCUT2D eigenvalue weighted by atomic mass is 14.6. The average molecular weight is 168 g/mol. The molecule has 64 valence electrons. The predicted molar refractivity (Wildman–Crippen MR) is 54.5 cm³/mol. The Morgan fingerprint density at radius 2 is 1.46 bits per heavy atom. The Hall–Kier alpha value is -1.30. The fourth-order valence-corrected chi connectivity index (χ4v) is 2.38. The van der Waals surface area contributed by atoms with Crippen LogP contribution in [0.5, 0.6) is 0 Å². The lowest BCUT2D eigenvalue weighted by Crippen LogP contribution is -2.50. The third-order valence-corrected chi connectivity index (χ3v) is 3.53. The second-order valence-corrected chi connectivity index (χ2v) is 4.18. The van der Waals surface area contributed by atoms with Gasteiger partial charge in [-0.25, -0.2) is 0 Å². The molecule has 0 heterocycles. The van der Waals surface area contributed by atoms with E-state index < -0.39 is 0 Å². The quantitative estimate of drug-likeness (QED) is 0.565. The minimum absolute atomic E-state index is 0.230. The predicted octanol–water partition coefficient (Wildman–Crippen LogP) is 3.07.